The lowest BCUT2D eigenvalue weighted by Crippen LogP contribution is -1.88. The SMILES string of the molecule is Cn1ccc(-c2noc(-c3cc(N)n[nH]3)n2)n1. The Kier molecular flexibility index (Phi) is 1.94. The third-order valence-electron chi connectivity index (χ3n) is 2.20. The van der Waals surface area contributed by atoms with Crippen LogP contribution in [-0.4, -0.2) is 30.1 Å². The lowest BCUT2D eigenvalue weighted by Gasteiger charge is -1.85. The molecule has 3 rings (SSSR count). The van der Waals surface area contributed by atoms with Gasteiger partial charge in [0.25, 0.3) is 5.89 Å². The summed E-state index contributed by atoms with van der Waals surface area (Å²) < 4.78 is 6.76. The molecule has 17 heavy (non-hydrogen) atoms. The summed E-state index contributed by atoms with van der Waals surface area (Å²) in [6.45, 7) is 0. The maximum atomic E-state index is 5.49. The van der Waals surface area contributed by atoms with E-state index >= 15 is 0 Å². The van der Waals surface area contributed by atoms with Gasteiger partial charge in [0.2, 0.25) is 5.82 Å². The third kappa shape index (κ3) is 1.65. The van der Waals surface area contributed by atoms with Crippen molar-refractivity contribution in [3.8, 4) is 23.1 Å². The number of hydrogen-bond donors (Lipinski definition) is 2. The van der Waals surface area contributed by atoms with E-state index in [1.54, 1.807) is 23.0 Å². The quantitative estimate of drug-likeness (QED) is 0.662. The fraction of sp³-hybridized carbons (Fsp3) is 0.111. The minimum Gasteiger partial charge on any atom is -0.382 e. The molecule has 8 heteroatoms. The summed E-state index contributed by atoms with van der Waals surface area (Å²) in [6, 6.07) is 3.42. The zero-order valence-corrected chi connectivity index (χ0v) is 8.95. The minimum absolute atomic E-state index is 0.329. The summed E-state index contributed by atoms with van der Waals surface area (Å²) in [6.07, 6.45) is 1.81. The van der Waals surface area contributed by atoms with Crippen LogP contribution in [0.3, 0.4) is 0 Å². The van der Waals surface area contributed by atoms with Gasteiger partial charge in [-0.05, 0) is 6.07 Å². The molecular weight excluding hydrogens is 222 g/mol. The van der Waals surface area contributed by atoms with Gasteiger partial charge in [0.05, 0.1) is 0 Å². The van der Waals surface area contributed by atoms with Crippen molar-refractivity contribution in [2.45, 2.75) is 0 Å². The van der Waals surface area contributed by atoms with Crippen LogP contribution in [-0.2, 0) is 7.05 Å². The number of nitrogens with two attached hydrogens (primary N) is 1. The molecule has 0 amide bonds. The van der Waals surface area contributed by atoms with Crippen molar-refractivity contribution in [2.75, 3.05) is 5.73 Å². The van der Waals surface area contributed by atoms with E-state index in [-0.39, 0.29) is 0 Å². The molecule has 0 aliphatic heterocycles. The molecular formula is C9H9N7O. The van der Waals surface area contributed by atoms with E-state index in [4.69, 9.17) is 10.3 Å². The highest BCUT2D eigenvalue weighted by Crippen LogP contribution is 2.20. The molecule has 3 aromatic rings. The molecule has 86 valence electrons. The predicted octanol–water partition coefficient (Wildman–Crippen LogP) is 0.442. The van der Waals surface area contributed by atoms with Gasteiger partial charge < -0.3 is 10.3 Å². The Bertz CT molecular complexity index is 595. The largest absolute Gasteiger partial charge is 0.382 e. The van der Waals surface area contributed by atoms with E-state index in [9.17, 15) is 0 Å². The Morgan fingerprint density at radius 1 is 1.47 bits per heavy atom. The average Bonchev–Trinajstić information content (AvgIpc) is 2.96. The van der Waals surface area contributed by atoms with Crippen molar-refractivity contribution in [1.29, 1.82) is 0 Å². The number of nitrogen functional groups attached to an aromatic ring is 1. The first-order valence-electron chi connectivity index (χ1n) is 4.87. The van der Waals surface area contributed by atoms with Crippen molar-refractivity contribution in [3.63, 3.8) is 0 Å². The van der Waals surface area contributed by atoms with Crippen LogP contribution in [0.25, 0.3) is 23.1 Å². The molecule has 0 fully saturated rings. The summed E-state index contributed by atoms with van der Waals surface area (Å²) in [7, 11) is 1.82. The summed E-state index contributed by atoms with van der Waals surface area (Å²) >= 11 is 0. The molecule has 0 aromatic carbocycles. The standard InChI is InChI=1S/C9H9N7O/c1-16-3-2-5(14-16)8-11-9(17-15-8)6-4-7(10)13-12-6/h2-4H,1H3,(H3,10,12,13). The maximum absolute atomic E-state index is 5.49. The Labute approximate surface area is 95.4 Å². The molecule has 0 aliphatic carbocycles. The smallest absolute Gasteiger partial charge is 0.276 e. The molecule has 0 atom stereocenters. The van der Waals surface area contributed by atoms with Gasteiger partial charge in [0.1, 0.15) is 17.2 Å². The summed E-state index contributed by atoms with van der Waals surface area (Å²) in [5.74, 6) is 1.13. The Hall–Kier alpha value is -2.64. The van der Waals surface area contributed by atoms with E-state index in [0.29, 0.717) is 28.9 Å². The van der Waals surface area contributed by atoms with E-state index in [2.05, 4.69) is 25.4 Å². The topological polar surface area (TPSA) is 111 Å². The third-order valence-corrected chi connectivity index (χ3v) is 2.20. The number of hydrogen-bond acceptors (Lipinski definition) is 6. The van der Waals surface area contributed by atoms with Gasteiger partial charge in [-0.25, -0.2) is 0 Å². The maximum Gasteiger partial charge on any atom is 0.276 e. The van der Waals surface area contributed by atoms with Crippen molar-refractivity contribution in [3.05, 3.63) is 18.3 Å². The molecule has 3 N–H and O–H groups in total. The second kappa shape index (κ2) is 3.44. The Morgan fingerprint density at radius 2 is 2.35 bits per heavy atom. The summed E-state index contributed by atoms with van der Waals surface area (Å²) in [4.78, 5) is 4.20. The van der Waals surface area contributed by atoms with E-state index in [1.165, 1.54) is 0 Å². The lowest BCUT2D eigenvalue weighted by molar-refractivity contribution is 0.430. The molecule has 0 spiro atoms. The van der Waals surface area contributed by atoms with Crippen LogP contribution in [0.4, 0.5) is 5.82 Å². The number of anilines is 1. The predicted molar refractivity (Wildman–Crippen MR) is 58.5 cm³/mol. The van der Waals surface area contributed by atoms with Gasteiger partial charge >= 0.3 is 0 Å². The van der Waals surface area contributed by atoms with Gasteiger partial charge in [0.15, 0.2) is 0 Å². The molecule has 0 saturated heterocycles. The monoisotopic (exact) mass is 231 g/mol. The zero-order chi connectivity index (χ0) is 11.8. The fourth-order valence-corrected chi connectivity index (χ4v) is 1.42. The number of aromatic nitrogens is 6. The molecule has 0 aliphatic rings. The second-order valence-corrected chi connectivity index (χ2v) is 3.50. The first-order valence-corrected chi connectivity index (χ1v) is 4.87. The summed E-state index contributed by atoms with van der Waals surface area (Å²) in [5.41, 5.74) is 6.72. The number of nitrogens with one attached hydrogen (secondary N) is 1. The number of aryl methyl sites for hydroxylation is 1. The van der Waals surface area contributed by atoms with Gasteiger partial charge in [-0.2, -0.15) is 15.2 Å². The summed E-state index contributed by atoms with van der Waals surface area (Å²) in [5, 5.41) is 14.5. The van der Waals surface area contributed by atoms with Gasteiger partial charge in [-0.1, -0.05) is 5.16 Å². The second-order valence-electron chi connectivity index (χ2n) is 3.50. The molecule has 0 bridgehead atoms. The molecule has 0 radical (unpaired) electrons. The molecule has 3 aromatic heterocycles. The van der Waals surface area contributed by atoms with Crippen LogP contribution in [0.2, 0.25) is 0 Å². The van der Waals surface area contributed by atoms with Crippen LogP contribution >= 0.6 is 0 Å². The Balaban J connectivity index is 1.98. The lowest BCUT2D eigenvalue weighted by atomic mass is 10.4. The van der Waals surface area contributed by atoms with E-state index in [0.717, 1.165) is 0 Å². The van der Waals surface area contributed by atoms with Gasteiger partial charge in [0, 0.05) is 19.3 Å². The average molecular weight is 231 g/mol. The fourth-order valence-electron chi connectivity index (χ4n) is 1.42. The first-order chi connectivity index (χ1) is 8.22. The van der Waals surface area contributed by atoms with Crippen LogP contribution < -0.4 is 5.73 Å². The number of aromatic amines is 1. The number of nitrogens with zero attached hydrogens (tertiary/aromatic N) is 5. The van der Waals surface area contributed by atoms with Gasteiger partial charge in [-0.15, -0.1) is 0 Å². The molecule has 8 nitrogen and oxygen atoms in total. The molecule has 0 saturated carbocycles. The van der Waals surface area contributed by atoms with Crippen molar-refractivity contribution < 1.29 is 4.52 Å². The number of rotatable bonds is 2. The van der Waals surface area contributed by atoms with Crippen molar-refractivity contribution >= 4 is 5.82 Å². The molecule has 0 unspecified atom stereocenters. The van der Waals surface area contributed by atoms with Crippen LogP contribution in [0.1, 0.15) is 0 Å². The van der Waals surface area contributed by atoms with E-state index in [1.807, 2.05) is 7.05 Å². The molecule has 3 heterocycles. The minimum atomic E-state index is 0.329. The van der Waals surface area contributed by atoms with Crippen molar-refractivity contribution in [2.24, 2.45) is 7.05 Å². The zero-order valence-electron chi connectivity index (χ0n) is 8.95. The van der Waals surface area contributed by atoms with Gasteiger partial charge in [-0.3, -0.25) is 9.78 Å². The highest BCUT2D eigenvalue weighted by atomic mass is 16.5. The number of H-pyrrole nitrogens is 1. The highest BCUT2D eigenvalue weighted by Gasteiger charge is 2.13. The normalized spacial score (nSPS) is 10.9. The Morgan fingerprint density at radius 3 is 3.00 bits per heavy atom. The first kappa shape index (κ1) is 9.58. The van der Waals surface area contributed by atoms with Crippen molar-refractivity contribution in [1.82, 2.24) is 30.1 Å². The van der Waals surface area contributed by atoms with Crippen LogP contribution in [0, 0.1) is 0 Å². The van der Waals surface area contributed by atoms with Crippen LogP contribution in [0.15, 0.2) is 22.9 Å². The highest BCUT2D eigenvalue weighted by molar-refractivity contribution is 5.56. The van der Waals surface area contributed by atoms with Crippen LogP contribution in [0.5, 0.6) is 0 Å². The van der Waals surface area contributed by atoms with E-state index < -0.39 is 0 Å².